The Hall–Kier alpha value is -2.22. The van der Waals surface area contributed by atoms with Gasteiger partial charge in [-0.3, -0.25) is 0 Å². The fourth-order valence-electron chi connectivity index (χ4n) is 2.55. The summed E-state index contributed by atoms with van der Waals surface area (Å²) < 4.78 is 0. The third kappa shape index (κ3) is 2.69. The van der Waals surface area contributed by atoms with Crippen LogP contribution in [0.25, 0.3) is 10.9 Å². The fraction of sp³-hybridized carbons (Fsp3) is 0.222. The van der Waals surface area contributed by atoms with Crippen molar-refractivity contribution in [1.82, 2.24) is 4.98 Å². The quantitative estimate of drug-likeness (QED) is 0.685. The molecule has 0 radical (unpaired) electrons. The van der Waals surface area contributed by atoms with Gasteiger partial charge in [0, 0.05) is 29.3 Å². The molecule has 1 aromatic heterocycles. The lowest BCUT2D eigenvalue weighted by molar-refractivity contribution is 0.922. The molecule has 0 fully saturated rings. The van der Waals surface area contributed by atoms with E-state index in [1.807, 2.05) is 0 Å². The first-order chi connectivity index (χ1) is 9.86. The number of anilines is 1. The van der Waals surface area contributed by atoms with Gasteiger partial charge in [-0.05, 0) is 35.7 Å². The molecule has 0 aliphatic carbocycles. The summed E-state index contributed by atoms with van der Waals surface area (Å²) in [5.41, 5.74) is 5.08. The highest BCUT2D eigenvalue weighted by Crippen LogP contribution is 2.19. The van der Waals surface area contributed by atoms with E-state index in [9.17, 15) is 0 Å². The number of aromatic nitrogens is 1. The standard InChI is InChI=1S/C18H20N2/c1-2-5-14-8-10-16(11-9-14)19-12-15-13-20-18-7-4-3-6-17(15)18/h3-4,6-11,13,19-20H,2,5,12H2,1H3. The maximum absolute atomic E-state index is 3.49. The van der Waals surface area contributed by atoms with Gasteiger partial charge in [0.1, 0.15) is 0 Å². The van der Waals surface area contributed by atoms with Crippen molar-refractivity contribution in [2.75, 3.05) is 5.32 Å². The number of H-pyrrole nitrogens is 1. The molecule has 0 amide bonds. The number of aromatic amines is 1. The summed E-state index contributed by atoms with van der Waals surface area (Å²) in [6.45, 7) is 3.06. The highest BCUT2D eigenvalue weighted by molar-refractivity contribution is 5.83. The maximum Gasteiger partial charge on any atom is 0.0457 e. The molecule has 3 rings (SSSR count). The van der Waals surface area contributed by atoms with Gasteiger partial charge in [-0.2, -0.15) is 0 Å². The van der Waals surface area contributed by atoms with Crippen molar-refractivity contribution in [1.29, 1.82) is 0 Å². The van der Waals surface area contributed by atoms with Crippen molar-refractivity contribution in [2.45, 2.75) is 26.3 Å². The molecule has 0 bridgehead atoms. The molecule has 2 aromatic carbocycles. The molecule has 3 aromatic rings. The minimum Gasteiger partial charge on any atom is -0.381 e. The molecule has 2 heteroatoms. The second-order valence-electron chi connectivity index (χ2n) is 5.16. The molecule has 2 nitrogen and oxygen atoms in total. The lowest BCUT2D eigenvalue weighted by Gasteiger charge is -2.07. The van der Waals surface area contributed by atoms with Crippen LogP contribution >= 0.6 is 0 Å². The summed E-state index contributed by atoms with van der Waals surface area (Å²) in [6.07, 6.45) is 4.44. The molecule has 2 N–H and O–H groups in total. The van der Waals surface area contributed by atoms with Gasteiger partial charge < -0.3 is 10.3 Å². The van der Waals surface area contributed by atoms with E-state index in [1.165, 1.54) is 34.1 Å². The molecule has 0 atom stereocenters. The molecule has 20 heavy (non-hydrogen) atoms. The molecule has 102 valence electrons. The molecule has 1 heterocycles. The lowest BCUT2D eigenvalue weighted by atomic mass is 10.1. The van der Waals surface area contributed by atoms with Crippen LogP contribution in [0.5, 0.6) is 0 Å². The van der Waals surface area contributed by atoms with Crippen LogP contribution in [0.3, 0.4) is 0 Å². The third-order valence-corrected chi connectivity index (χ3v) is 3.65. The minimum absolute atomic E-state index is 0.844. The van der Waals surface area contributed by atoms with E-state index in [0.29, 0.717) is 0 Å². The zero-order chi connectivity index (χ0) is 13.8. The average Bonchev–Trinajstić information content (AvgIpc) is 2.90. The molecule has 0 unspecified atom stereocenters. The van der Waals surface area contributed by atoms with Gasteiger partial charge in [-0.15, -0.1) is 0 Å². The van der Waals surface area contributed by atoms with Crippen molar-refractivity contribution >= 4 is 16.6 Å². The zero-order valence-corrected chi connectivity index (χ0v) is 11.8. The Morgan fingerprint density at radius 1 is 1.00 bits per heavy atom. The highest BCUT2D eigenvalue weighted by Gasteiger charge is 2.02. The van der Waals surface area contributed by atoms with Gasteiger partial charge in [0.25, 0.3) is 0 Å². The molecular formula is C18H20N2. The van der Waals surface area contributed by atoms with Crippen LogP contribution in [0.2, 0.25) is 0 Å². The predicted molar refractivity (Wildman–Crippen MR) is 86.1 cm³/mol. The molecule has 0 saturated heterocycles. The topological polar surface area (TPSA) is 27.8 Å². The van der Waals surface area contributed by atoms with Crippen LogP contribution in [0, 0.1) is 0 Å². The Balaban J connectivity index is 1.69. The predicted octanol–water partition coefficient (Wildman–Crippen LogP) is 4.73. The van der Waals surface area contributed by atoms with Gasteiger partial charge >= 0.3 is 0 Å². The van der Waals surface area contributed by atoms with E-state index in [4.69, 9.17) is 0 Å². The summed E-state index contributed by atoms with van der Waals surface area (Å²) in [5.74, 6) is 0. The molecule has 0 spiro atoms. The Morgan fingerprint density at radius 3 is 2.60 bits per heavy atom. The SMILES string of the molecule is CCCc1ccc(NCc2c[nH]c3ccccc23)cc1. The largest absolute Gasteiger partial charge is 0.381 e. The number of hydrogen-bond acceptors (Lipinski definition) is 1. The summed E-state index contributed by atoms with van der Waals surface area (Å²) in [4.78, 5) is 3.31. The summed E-state index contributed by atoms with van der Waals surface area (Å²) in [7, 11) is 0. The number of hydrogen-bond donors (Lipinski definition) is 2. The Kier molecular flexibility index (Phi) is 3.73. The Bertz CT molecular complexity index is 680. The summed E-state index contributed by atoms with van der Waals surface area (Å²) >= 11 is 0. The van der Waals surface area contributed by atoms with Crippen molar-refractivity contribution in [2.24, 2.45) is 0 Å². The van der Waals surface area contributed by atoms with Crippen molar-refractivity contribution in [3.8, 4) is 0 Å². The third-order valence-electron chi connectivity index (χ3n) is 3.65. The van der Waals surface area contributed by atoms with E-state index in [2.05, 4.69) is 72.0 Å². The smallest absolute Gasteiger partial charge is 0.0457 e. The van der Waals surface area contributed by atoms with E-state index in [0.717, 1.165) is 13.0 Å². The Labute approximate surface area is 119 Å². The lowest BCUT2D eigenvalue weighted by Crippen LogP contribution is -1.98. The number of nitrogens with one attached hydrogen (secondary N) is 2. The van der Waals surface area contributed by atoms with Crippen molar-refractivity contribution in [3.05, 3.63) is 65.9 Å². The summed E-state index contributed by atoms with van der Waals surface area (Å²) in [6, 6.07) is 17.2. The minimum atomic E-state index is 0.844. The van der Waals surface area contributed by atoms with Crippen LogP contribution < -0.4 is 5.32 Å². The highest BCUT2D eigenvalue weighted by atomic mass is 14.9. The van der Waals surface area contributed by atoms with E-state index < -0.39 is 0 Å². The Morgan fingerprint density at radius 2 is 1.80 bits per heavy atom. The number of rotatable bonds is 5. The van der Waals surface area contributed by atoms with Crippen LogP contribution in [-0.2, 0) is 13.0 Å². The summed E-state index contributed by atoms with van der Waals surface area (Å²) in [5, 5.41) is 4.78. The van der Waals surface area contributed by atoms with E-state index in [-0.39, 0.29) is 0 Å². The molecule has 0 aliphatic heterocycles. The van der Waals surface area contributed by atoms with Crippen LogP contribution in [0.15, 0.2) is 54.7 Å². The number of fused-ring (bicyclic) bond motifs is 1. The molecule has 0 aliphatic rings. The van der Waals surface area contributed by atoms with Crippen molar-refractivity contribution < 1.29 is 0 Å². The zero-order valence-electron chi connectivity index (χ0n) is 11.8. The first-order valence-corrected chi connectivity index (χ1v) is 7.24. The van der Waals surface area contributed by atoms with Crippen LogP contribution in [-0.4, -0.2) is 4.98 Å². The van der Waals surface area contributed by atoms with E-state index in [1.54, 1.807) is 0 Å². The first kappa shape index (κ1) is 12.8. The van der Waals surface area contributed by atoms with Crippen LogP contribution in [0.4, 0.5) is 5.69 Å². The van der Waals surface area contributed by atoms with Gasteiger partial charge in [-0.1, -0.05) is 43.7 Å². The number of para-hydroxylation sites is 1. The average molecular weight is 264 g/mol. The number of aryl methyl sites for hydroxylation is 1. The number of benzene rings is 2. The van der Waals surface area contributed by atoms with Gasteiger partial charge in [0.05, 0.1) is 0 Å². The van der Waals surface area contributed by atoms with Gasteiger partial charge in [0.2, 0.25) is 0 Å². The second-order valence-corrected chi connectivity index (χ2v) is 5.16. The van der Waals surface area contributed by atoms with Crippen molar-refractivity contribution in [3.63, 3.8) is 0 Å². The fourth-order valence-corrected chi connectivity index (χ4v) is 2.55. The normalized spacial score (nSPS) is 10.8. The van der Waals surface area contributed by atoms with Crippen LogP contribution in [0.1, 0.15) is 24.5 Å². The van der Waals surface area contributed by atoms with Gasteiger partial charge in [0.15, 0.2) is 0 Å². The van der Waals surface area contributed by atoms with Gasteiger partial charge in [-0.25, -0.2) is 0 Å². The molecule has 0 saturated carbocycles. The second kappa shape index (κ2) is 5.83. The molecular weight excluding hydrogens is 244 g/mol. The van der Waals surface area contributed by atoms with E-state index >= 15 is 0 Å². The maximum atomic E-state index is 3.49. The first-order valence-electron chi connectivity index (χ1n) is 7.24. The monoisotopic (exact) mass is 264 g/mol.